The molecule has 0 N–H and O–H groups in total. The summed E-state index contributed by atoms with van der Waals surface area (Å²) in [4.78, 5) is 19.8. The van der Waals surface area contributed by atoms with E-state index in [0.717, 1.165) is 17.1 Å². The van der Waals surface area contributed by atoms with E-state index in [-0.39, 0.29) is 11.5 Å². The molecule has 2 heterocycles. The Labute approximate surface area is 125 Å². The van der Waals surface area contributed by atoms with Crippen LogP contribution in [0.5, 0.6) is 0 Å². The zero-order chi connectivity index (χ0) is 15.1. The summed E-state index contributed by atoms with van der Waals surface area (Å²) in [5.74, 6) is 0. The monoisotopic (exact) mass is 296 g/mol. The first kappa shape index (κ1) is 15.3. The van der Waals surface area contributed by atoms with Gasteiger partial charge in [-0.25, -0.2) is 9.78 Å². The van der Waals surface area contributed by atoms with Gasteiger partial charge in [-0.15, -0.1) is 11.3 Å². The van der Waals surface area contributed by atoms with Crippen molar-refractivity contribution in [3.63, 3.8) is 0 Å². The molecule has 0 aliphatic carbocycles. The van der Waals surface area contributed by atoms with Gasteiger partial charge in [0.25, 0.3) is 0 Å². The summed E-state index contributed by atoms with van der Waals surface area (Å²) in [5, 5.41) is 1.15. The van der Waals surface area contributed by atoms with Crippen LogP contribution in [0.25, 0.3) is 0 Å². The van der Waals surface area contributed by atoms with Crippen molar-refractivity contribution in [2.45, 2.75) is 65.5 Å². The Morgan fingerprint density at radius 3 is 2.45 bits per heavy atom. The molecule has 0 saturated heterocycles. The molecule has 112 valence electrons. The predicted octanol–water partition coefficient (Wildman–Crippen LogP) is 3.73. The maximum Gasteiger partial charge on any atom is 0.410 e. The van der Waals surface area contributed by atoms with E-state index in [1.165, 1.54) is 4.88 Å². The van der Waals surface area contributed by atoms with E-state index < -0.39 is 5.60 Å². The van der Waals surface area contributed by atoms with E-state index in [2.05, 4.69) is 20.8 Å². The van der Waals surface area contributed by atoms with Gasteiger partial charge in [-0.05, 0) is 20.8 Å². The minimum atomic E-state index is -0.443. The number of fused-ring (bicyclic) bond motifs is 1. The minimum Gasteiger partial charge on any atom is -0.444 e. The fourth-order valence-electron chi connectivity index (χ4n) is 2.00. The van der Waals surface area contributed by atoms with Gasteiger partial charge in [0.2, 0.25) is 0 Å². The normalized spacial score (nSPS) is 16.0. The second-order valence-electron chi connectivity index (χ2n) is 7.29. The third-order valence-electron chi connectivity index (χ3n) is 3.02. The van der Waals surface area contributed by atoms with Crippen LogP contribution in [0.1, 0.15) is 57.1 Å². The Morgan fingerprint density at radius 2 is 1.90 bits per heavy atom. The number of carbonyl (C=O) groups excluding carboxylic acids is 1. The number of amides is 1. The molecule has 0 fully saturated rings. The molecule has 1 aliphatic rings. The molecular formula is C15H24N2O2S. The van der Waals surface area contributed by atoms with Crippen LogP contribution < -0.4 is 0 Å². The first-order valence-corrected chi connectivity index (χ1v) is 7.85. The summed E-state index contributed by atoms with van der Waals surface area (Å²) in [5.41, 5.74) is 0.778. The molecule has 5 heteroatoms. The molecule has 0 unspecified atom stereocenters. The molecule has 1 aliphatic heterocycles. The van der Waals surface area contributed by atoms with Gasteiger partial charge < -0.3 is 9.64 Å². The molecule has 20 heavy (non-hydrogen) atoms. The first-order chi connectivity index (χ1) is 9.06. The molecular weight excluding hydrogens is 272 g/mol. The lowest BCUT2D eigenvalue weighted by atomic mass is 9.98. The minimum absolute atomic E-state index is 0.0682. The Bertz CT molecular complexity index is 509. The van der Waals surface area contributed by atoms with Crippen LogP contribution in [-0.4, -0.2) is 28.1 Å². The first-order valence-electron chi connectivity index (χ1n) is 7.03. The molecule has 0 aromatic carbocycles. The maximum absolute atomic E-state index is 12.1. The van der Waals surface area contributed by atoms with E-state index in [0.29, 0.717) is 13.1 Å². The predicted molar refractivity (Wildman–Crippen MR) is 81.2 cm³/mol. The molecule has 4 nitrogen and oxygen atoms in total. The molecule has 0 radical (unpaired) electrons. The van der Waals surface area contributed by atoms with Crippen LogP contribution in [0.15, 0.2) is 0 Å². The van der Waals surface area contributed by atoms with Crippen LogP contribution in [0.3, 0.4) is 0 Å². The summed E-state index contributed by atoms with van der Waals surface area (Å²) in [6.45, 7) is 13.5. The molecule has 1 amide bonds. The lowest BCUT2D eigenvalue weighted by Crippen LogP contribution is -2.39. The van der Waals surface area contributed by atoms with Crippen molar-refractivity contribution in [2.75, 3.05) is 6.54 Å². The van der Waals surface area contributed by atoms with Crippen molar-refractivity contribution in [1.82, 2.24) is 9.88 Å². The zero-order valence-corrected chi connectivity index (χ0v) is 14.1. The van der Waals surface area contributed by atoms with Crippen molar-refractivity contribution >= 4 is 17.4 Å². The zero-order valence-electron chi connectivity index (χ0n) is 13.2. The smallest absolute Gasteiger partial charge is 0.410 e. The van der Waals surface area contributed by atoms with Gasteiger partial charge in [0, 0.05) is 23.3 Å². The fourth-order valence-corrected chi connectivity index (χ4v) is 3.18. The number of ether oxygens (including phenoxy) is 1. The highest BCUT2D eigenvalue weighted by Gasteiger charge is 2.29. The number of rotatable bonds is 0. The highest BCUT2D eigenvalue weighted by Crippen LogP contribution is 2.32. The average Bonchev–Trinajstić information content (AvgIpc) is 2.68. The third-order valence-corrected chi connectivity index (χ3v) is 4.53. The largest absolute Gasteiger partial charge is 0.444 e. The Balaban J connectivity index is 2.11. The van der Waals surface area contributed by atoms with Crippen molar-refractivity contribution in [3.05, 3.63) is 15.6 Å². The lowest BCUT2D eigenvalue weighted by molar-refractivity contribution is 0.0225. The van der Waals surface area contributed by atoms with Gasteiger partial charge in [-0.1, -0.05) is 20.8 Å². The van der Waals surface area contributed by atoms with E-state index in [1.807, 2.05) is 20.8 Å². The SMILES string of the molecule is CC(C)(C)OC(=O)N1CCc2nc(C(C)(C)C)sc2C1. The van der Waals surface area contributed by atoms with Gasteiger partial charge in [0.15, 0.2) is 0 Å². The van der Waals surface area contributed by atoms with Gasteiger partial charge in [-0.3, -0.25) is 0 Å². The highest BCUT2D eigenvalue weighted by molar-refractivity contribution is 7.11. The summed E-state index contributed by atoms with van der Waals surface area (Å²) < 4.78 is 5.44. The van der Waals surface area contributed by atoms with Gasteiger partial charge in [0.05, 0.1) is 17.2 Å². The third kappa shape index (κ3) is 3.51. The van der Waals surface area contributed by atoms with E-state index in [4.69, 9.17) is 9.72 Å². The standard InChI is InChI=1S/C15H24N2O2S/c1-14(2,3)12-16-10-7-8-17(9-11(10)20-12)13(18)19-15(4,5)6/h7-9H2,1-6H3. The molecule has 0 saturated carbocycles. The second-order valence-corrected chi connectivity index (χ2v) is 8.37. The van der Waals surface area contributed by atoms with Crippen LogP contribution in [0.4, 0.5) is 4.79 Å². The molecule has 1 aromatic rings. The Morgan fingerprint density at radius 1 is 1.25 bits per heavy atom. The number of nitrogens with zero attached hydrogens (tertiary/aromatic N) is 2. The Hall–Kier alpha value is -1.10. The maximum atomic E-state index is 12.1. The number of aromatic nitrogens is 1. The van der Waals surface area contributed by atoms with Crippen LogP contribution in [-0.2, 0) is 23.1 Å². The number of hydrogen-bond donors (Lipinski definition) is 0. The molecule has 1 aromatic heterocycles. The van der Waals surface area contributed by atoms with Crippen molar-refractivity contribution in [3.8, 4) is 0 Å². The van der Waals surface area contributed by atoms with Crippen LogP contribution in [0, 0.1) is 0 Å². The van der Waals surface area contributed by atoms with Crippen LogP contribution in [0.2, 0.25) is 0 Å². The summed E-state index contributed by atoms with van der Waals surface area (Å²) >= 11 is 1.72. The number of hydrogen-bond acceptors (Lipinski definition) is 4. The number of carbonyl (C=O) groups is 1. The summed E-state index contributed by atoms with van der Waals surface area (Å²) in [6.07, 6.45) is 0.593. The van der Waals surface area contributed by atoms with E-state index in [9.17, 15) is 4.79 Å². The second kappa shape index (κ2) is 5.02. The summed E-state index contributed by atoms with van der Waals surface area (Å²) in [7, 11) is 0. The van der Waals surface area contributed by atoms with E-state index >= 15 is 0 Å². The van der Waals surface area contributed by atoms with Crippen LogP contribution >= 0.6 is 11.3 Å². The topological polar surface area (TPSA) is 42.4 Å². The lowest BCUT2D eigenvalue weighted by Gasteiger charge is -2.29. The van der Waals surface area contributed by atoms with E-state index in [1.54, 1.807) is 16.2 Å². The quantitative estimate of drug-likeness (QED) is 0.732. The summed E-state index contributed by atoms with van der Waals surface area (Å²) in [6, 6.07) is 0. The molecule has 0 spiro atoms. The van der Waals surface area contributed by atoms with Crippen molar-refractivity contribution in [1.29, 1.82) is 0 Å². The molecule has 0 bridgehead atoms. The highest BCUT2D eigenvalue weighted by atomic mass is 32.1. The van der Waals surface area contributed by atoms with Gasteiger partial charge in [-0.2, -0.15) is 0 Å². The Kier molecular flexibility index (Phi) is 3.84. The van der Waals surface area contributed by atoms with Crippen molar-refractivity contribution in [2.24, 2.45) is 0 Å². The van der Waals surface area contributed by atoms with Gasteiger partial charge in [0.1, 0.15) is 5.60 Å². The molecule has 2 rings (SSSR count). The van der Waals surface area contributed by atoms with Gasteiger partial charge >= 0.3 is 6.09 Å². The molecule has 0 atom stereocenters. The fraction of sp³-hybridized carbons (Fsp3) is 0.733. The number of thiazole rings is 1. The average molecular weight is 296 g/mol. The van der Waals surface area contributed by atoms with Crippen molar-refractivity contribution < 1.29 is 9.53 Å².